The van der Waals surface area contributed by atoms with Gasteiger partial charge >= 0.3 is 0 Å². The Bertz CT molecular complexity index is 719. The Labute approximate surface area is 125 Å². The van der Waals surface area contributed by atoms with Crippen LogP contribution in [0.15, 0.2) is 65.4 Å². The Morgan fingerprint density at radius 3 is 2.65 bits per heavy atom. The Kier molecular flexibility index (Phi) is 3.65. The van der Waals surface area contributed by atoms with E-state index in [4.69, 9.17) is 0 Å². The minimum absolute atomic E-state index is 0.216. The summed E-state index contributed by atoms with van der Waals surface area (Å²) in [6.45, 7) is 0.669. The van der Waals surface area contributed by atoms with Crippen molar-refractivity contribution in [3.63, 3.8) is 0 Å². The van der Waals surface area contributed by atoms with Crippen LogP contribution in [0.3, 0.4) is 0 Å². The first-order chi connectivity index (χ1) is 9.72. The third-order valence-corrected chi connectivity index (χ3v) is 3.56. The van der Waals surface area contributed by atoms with E-state index in [-0.39, 0.29) is 5.82 Å². The van der Waals surface area contributed by atoms with Crippen molar-refractivity contribution in [3.8, 4) is 11.4 Å². The quantitative estimate of drug-likeness (QED) is 0.691. The van der Waals surface area contributed by atoms with Gasteiger partial charge in [0.05, 0.1) is 0 Å². The van der Waals surface area contributed by atoms with Crippen molar-refractivity contribution < 1.29 is 4.39 Å². The highest BCUT2D eigenvalue weighted by molar-refractivity contribution is 9.10. The van der Waals surface area contributed by atoms with Crippen LogP contribution in [0, 0.1) is 5.82 Å². The molecule has 0 radical (unpaired) electrons. The standard InChI is InChI=1S/C16H12BrFN2/c17-14-3-1-2-13(10-14)16-19-8-9-20(16)11-12-4-6-15(18)7-5-12/h1-10H,11H2. The second-order valence-corrected chi connectivity index (χ2v) is 5.43. The highest BCUT2D eigenvalue weighted by Gasteiger charge is 2.06. The van der Waals surface area contributed by atoms with E-state index >= 15 is 0 Å². The van der Waals surface area contributed by atoms with Crippen molar-refractivity contribution in [3.05, 3.63) is 76.8 Å². The summed E-state index contributed by atoms with van der Waals surface area (Å²) < 4.78 is 16.0. The molecule has 0 amide bonds. The maximum Gasteiger partial charge on any atom is 0.140 e. The van der Waals surface area contributed by atoms with Crippen LogP contribution in [-0.2, 0) is 6.54 Å². The van der Waals surface area contributed by atoms with E-state index in [0.717, 1.165) is 21.4 Å². The smallest absolute Gasteiger partial charge is 0.140 e. The Hall–Kier alpha value is -1.94. The molecular formula is C16H12BrFN2. The zero-order chi connectivity index (χ0) is 13.9. The first kappa shape index (κ1) is 13.1. The number of nitrogens with zero attached hydrogens (tertiary/aromatic N) is 2. The van der Waals surface area contributed by atoms with Crippen LogP contribution >= 0.6 is 15.9 Å². The molecule has 2 aromatic carbocycles. The lowest BCUT2D eigenvalue weighted by molar-refractivity contribution is 0.626. The van der Waals surface area contributed by atoms with Gasteiger partial charge in [-0.2, -0.15) is 0 Å². The van der Waals surface area contributed by atoms with Gasteiger partial charge in [-0.05, 0) is 29.8 Å². The highest BCUT2D eigenvalue weighted by atomic mass is 79.9. The molecule has 0 fully saturated rings. The first-order valence-electron chi connectivity index (χ1n) is 6.24. The maximum atomic E-state index is 12.9. The summed E-state index contributed by atoms with van der Waals surface area (Å²) in [5.41, 5.74) is 2.09. The largest absolute Gasteiger partial charge is 0.327 e. The molecule has 0 saturated carbocycles. The second kappa shape index (κ2) is 5.59. The van der Waals surface area contributed by atoms with Gasteiger partial charge in [0.15, 0.2) is 0 Å². The van der Waals surface area contributed by atoms with Gasteiger partial charge in [-0.25, -0.2) is 9.37 Å². The number of hydrogen-bond acceptors (Lipinski definition) is 1. The van der Waals surface area contributed by atoms with E-state index in [1.165, 1.54) is 12.1 Å². The Morgan fingerprint density at radius 1 is 1.10 bits per heavy atom. The molecule has 1 heterocycles. The first-order valence-corrected chi connectivity index (χ1v) is 7.03. The number of aromatic nitrogens is 2. The molecule has 0 aliphatic carbocycles. The lowest BCUT2D eigenvalue weighted by Gasteiger charge is -2.08. The third-order valence-electron chi connectivity index (χ3n) is 3.06. The van der Waals surface area contributed by atoms with Crippen molar-refractivity contribution in [1.82, 2.24) is 9.55 Å². The van der Waals surface area contributed by atoms with Gasteiger partial charge in [0, 0.05) is 29.0 Å². The van der Waals surface area contributed by atoms with Crippen LogP contribution in [0.2, 0.25) is 0 Å². The molecule has 20 heavy (non-hydrogen) atoms. The summed E-state index contributed by atoms with van der Waals surface area (Å²) in [6, 6.07) is 14.6. The molecule has 2 nitrogen and oxygen atoms in total. The number of halogens is 2. The van der Waals surface area contributed by atoms with Crippen molar-refractivity contribution in [1.29, 1.82) is 0 Å². The van der Waals surface area contributed by atoms with E-state index in [1.807, 2.05) is 30.5 Å². The van der Waals surface area contributed by atoms with Crippen molar-refractivity contribution in [2.75, 3.05) is 0 Å². The van der Waals surface area contributed by atoms with E-state index < -0.39 is 0 Å². The topological polar surface area (TPSA) is 17.8 Å². The summed E-state index contributed by atoms with van der Waals surface area (Å²) in [5.74, 6) is 0.683. The Morgan fingerprint density at radius 2 is 1.90 bits per heavy atom. The number of benzene rings is 2. The zero-order valence-electron chi connectivity index (χ0n) is 10.6. The molecule has 0 aliphatic rings. The van der Waals surface area contributed by atoms with Crippen LogP contribution in [0.4, 0.5) is 4.39 Å². The summed E-state index contributed by atoms with van der Waals surface area (Å²) in [6.07, 6.45) is 3.71. The van der Waals surface area contributed by atoms with Crippen LogP contribution < -0.4 is 0 Å². The molecule has 3 aromatic rings. The van der Waals surface area contributed by atoms with Crippen LogP contribution in [-0.4, -0.2) is 9.55 Å². The molecule has 0 spiro atoms. The predicted octanol–water partition coefficient (Wildman–Crippen LogP) is 4.50. The second-order valence-electron chi connectivity index (χ2n) is 4.52. The molecule has 4 heteroatoms. The van der Waals surface area contributed by atoms with Crippen LogP contribution in [0.25, 0.3) is 11.4 Å². The van der Waals surface area contributed by atoms with E-state index in [0.29, 0.717) is 6.54 Å². The number of imidazole rings is 1. The lowest BCUT2D eigenvalue weighted by atomic mass is 10.2. The number of hydrogen-bond donors (Lipinski definition) is 0. The average molecular weight is 331 g/mol. The van der Waals surface area contributed by atoms with Crippen molar-refractivity contribution in [2.24, 2.45) is 0 Å². The molecule has 0 aliphatic heterocycles. The monoisotopic (exact) mass is 330 g/mol. The fourth-order valence-electron chi connectivity index (χ4n) is 2.11. The summed E-state index contributed by atoms with van der Waals surface area (Å²) in [5, 5.41) is 0. The molecule has 1 aromatic heterocycles. The molecule has 0 atom stereocenters. The summed E-state index contributed by atoms with van der Waals surface area (Å²) >= 11 is 3.47. The molecular weight excluding hydrogens is 319 g/mol. The lowest BCUT2D eigenvalue weighted by Crippen LogP contribution is -2.01. The van der Waals surface area contributed by atoms with Gasteiger partial charge in [0.1, 0.15) is 11.6 Å². The van der Waals surface area contributed by atoms with E-state index in [2.05, 4.69) is 25.5 Å². The van der Waals surface area contributed by atoms with Gasteiger partial charge in [0.25, 0.3) is 0 Å². The van der Waals surface area contributed by atoms with Gasteiger partial charge in [-0.3, -0.25) is 0 Å². The summed E-state index contributed by atoms with van der Waals surface area (Å²) in [7, 11) is 0. The molecule has 0 unspecified atom stereocenters. The van der Waals surface area contributed by atoms with Gasteiger partial charge in [-0.1, -0.05) is 40.2 Å². The van der Waals surface area contributed by atoms with Crippen LogP contribution in [0.5, 0.6) is 0 Å². The normalized spacial score (nSPS) is 10.7. The minimum atomic E-state index is -0.216. The third kappa shape index (κ3) is 2.80. The highest BCUT2D eigenvalue weighted by Crippen LogP contribution is 2.22. The molecule has 3 rings (SSSR count). The van der Waals surface area contributed by atoms with E-state index in [1.54, 1.807) is 18.3 Å². The fourth-order valence-corrected chi connectivity index (χ4v) is 2.51. The molecule has 0 saturated heterocycles. The molecule has 100 valence electrons. The summed E-state index contributed by atoms with van der Waals surface area (Å²) in [4.78, 5) is 4.41. The molecule has 0 N–H and O–H groups in total. The SMILES string of the molecule is Fc1ccc(Cn2ccnc2-c2cccc(Br)c2)cc1. The zero-order valence-corrected chi connectivity index (χ0v) is 12.2. The number of rotatable bonds is 3. The van der Waals surface area contributed by atoms with Crippen LogP contribution in [0.1, 0.15) is 5.56 Å². The van der Waals surface area contributed by atoms with Gasteiger partial charge in [-0.15, -0.1) is 0 Å². The average Bonchev–Trinajstić information content (AvgIpc) is 2.89. The molecule has 0 bridgehead atoms. The van der Waals surface area contributed by atoms with Gasteiger partial charge in [0.2, 0.25) is 0 Å². The van der Waals surface area contributed by atoms with Crippen molar-refractivity contribution >= 4 is 15.9 Å². The Balaban J connectivity index is 1.92. The fraction of sp³-hybridized carbons (Fsp3) is 0.0625. The minimum Gasteiger partial charge on any atom is -0.327 e. The van der Waals surface area contributed by atoms with E-state index in [9.17, 15) is 4.39 Å². The predicted molar refractivity (Wildman–Crippen MR) is 80.9 cm³/mol. The van der Waals surface area contributed by atoms with Gasteiger partial charge < -0.3 is 4.57 Å². The maximum absolute atomic E-state index is 12.9. The van der Waals surface area contributed by atoms with Crippen molar-refractivity contribution in [2.45, 2.75) is 6.54 Å².